The number of nitrogens with zero attached hydrogens (tertiary/aromatic N) is 2. The molecule has 1 rings (SSSR count). The van der Waals surface area contributed by atoms with Crippen molar-refractivity contribution in [3.63, 3.8) is 0 Å². The minimum absolute atomic E-state index is 0.621. The van der Waals surface area contributed by atoms with Crippen LogP contribution in [0.4, 0.5) is 0 Å². The third-order valence-electron chi connectivity index (χ3n) is 8.18. The van der Waals surface area contributed by atoms with Crippen LogP contribution in [0.5, 0.6) is 0 Å². The molecule has 0 spiro atoms. The van der Waals surface area contributed by atoms with Gasteiger partial charge < -0.3 is 9.80 Å². The summed E-state index contributed by atoms with van der Waals surface area (Å²) in [7, 11) is 2.27. The second-order valence-electron chi connectivity index (χ2n) is 11.6. The van der Waals surface area contributed by atoms with Gasteiger partial charge in [0, 0.05) is 26.0 Å². The molecule has 1 aliphatic heterocycles. The van der Waals surface area contributed by atoms with Gasteiger partial charge in [0.25, 0.3) is 0 Å². The van der Waals surface area contributed by atoms with Gasteiger partial charge in [-0.25, -0.2) is 0 Å². The lowest BCUT2D eigenvalue weighted by Crippen LogP contribution is -2.37. The van der Waals surface area contributed by atoms with E-state index >= 15 is 0 Å². The molecule has 0 fully saturated rings. The Morgan fingerprint density at radius 1 is 0.429 bits per heavy atom. The molecule has 0 aromatic heterocycles. The Balaban J connectivity index is 1.88. The van der Waals surface area contributed by atoms with Crippen molar-refractivity contribution in [2.45, 2.75) is 187 Å². The molecule has 1 unspecified atom stereocenters. The first kappa shape index (κ1) is 32.4. The van der Waals surface area contributed by atoms with Gasteiger partial charge in [0.2, 0.25) is 0 Å². The second kappa shape index (κ2) is 25.0. The highest BCUT2D eigenvalue weighted by molar-refractivity contribution is 4.95. The maximum absolute atomic E-state index is 2.62. The lowest BCUT2D eigenvalue weighted by Gasteiger charge is -2.30. The highest BCUT2D eigenvalue weighted by Crippen LogP contribution is 2.22. The molecule has 208 valence electrons. The smallest absolute Gasteiger partial charge is 0.100 e. The zero-order valence-electron chi connectivity index (χ0n) is 24.7. The number of hydrogen-bond acceptors (Lipinski definition) is 2. The van der Waals surface area contributed by atoms with E-state index in [1.165, 1.54) is 173 Å². The molecule has 0 radical (unpaired) electrons. The van der Waals surface area contributed by atoms with E-state index in [0.29, 0.717) is 6.17 Å². The Morgan fingerprint density at radius 3 is 1.17 bits per heavy atom. The van der Waals surface area contributed by atoms with Gasteiger partial charge >= 0.3 is 0 Å². The minimum atomic E-state index is 0.621. The largest absolute Gasteiger partial charge is 0.359 e. The first-order valence-corrected chi connectivity index (χ1v) is 16.5. The molecule has 0 saturated carbocycles. The number of hydrogen-bond donors (Lipinski definition) is 0. The maximum Gasteiger partial charge on any atom is 0.100 e. The van der Waals surface area contributed by atoms with Crippen molar-refractivity contribution in [2.24, 2.45) is 0 Å². The maximum atomic E-state index is 2.62. The SMILES string of the molecule is CCCCCCCCCCCCCCCCCCC1N(C)C=CN1CCCCCCCCCCC. The molecule has 0 aromatic carbocycles. The average molecular weight is 491 g/mol. The molecule has 0 bridgehead atoms. The topological polar surface area (TPSA) is 6.48 Å². The van der Waals surface area contributed by atoms with Crippen LogP contribution in [0.2, 0.25) is 0 Å². The van der Waals surface area contributed by atoms with E-state index < -0.39 is 0 Å². The van der Waals surface area contributed by atoms with Crippen LogP contribution in [0, 0.1) is 0 Å². The van der Waals surface area contributed by atoms with Crippen molar-refractivity contribution in [1.82, 2.24) is 9.80 Å². The molecule has 2 heteroatoms. The summed E-state index contributed by atoms with van der Waals surface area (Å²) < 4.78 is 0. The van der Waals surface area contributed by atoms with Crippen LogP contribution >= 0.6 is 0 Å². The van der Waals surface area contributed by atoms with Crippen LogP contribution in [0.25, 0.3) is 0 Å². The van der Waals surface area contributed by atoms with Crippen molar-refractivity contribution in [1.29, 1.82) is 0 Å². The van der Waals surface area contributed by atoms with Gasteiger partial charge in [-0.3, -0.25) is 0 Å². The average Bonchev–Trinajstić information content (AvgIpc) is 3.21. The lowest BCUT2D eigenvalue weighted by molar-refractivity contribution is 0.159. The predicted octanol–water partition coefficient (Wildman–Crippen LogP) is 11.2. The van der Waals surface area contributed by atoms with Crippen molar-refractivity contribution >= 4 is 0 Å². The van der Waals surface area contributed by atoms with E-state index in [1.54, 1.807) is 0 Å². The summed E-state index contributed by atoms with van der Waals surface area (Å²) in [5.41, 5.74) is 0. The number of rotatable bonds is 27. The van der Waals surface area contributed by atoms with Crippen LogP contribution in [-0.4, -0.2) is 29.6 Å². The highest BCUT2D eigenvalue weighted by Gasteiger charge is 2.22. The van der Waals surface area contributed by atoms with Crippen LogP contribution in [0.15, 0.2) is 12.4 Å². The summed E-state index contributed by atoms with van der Waals surface area (Å²) in [5, 5.41) is 0. The van der Waals surface area contributed by atoms with Gasteiger partial charge in [0.05, 0.1) is 0 Å². The third-order valence-corrected chi connectivity index (χ3v) is 8.18. The van der Waals surface area contributed by atoms with E-state index in [9.17, 15) is 0 Å². The van der Waals surface area contributed by atoms with Gasteiger partial charge in [0.1, 0.15) is 6.17 Å². The van der Waals surface area contributed by atoms with Crippen molar-refractivity contribution in [3.8, 4) is 0 Å². The van der Waals surface area contributed by atoms with Gasteiger partial charge in [-0.05, 0) is 19.3 Å². The van der Waals surface area contributed by atoms with Crippen LogP contribution in [-0.2, 0) is 0 Å². The monoisotopic (exact) mass is 491 g/mol. The van der Waals surface area contributed by atoms with E-state index in [1.807, 2.05) is 0 Å². The first-order valence-electron chi connectivity index (χ1n) is 16.5. The quantitative estimate of drug-likeness (QED) is 0.106. The Hall–Kier alpha value is -0.660. The van der Waals surface area contributed by atoms with E-state index in [2.05, 4.69) is 43.1 Å². The summed E-state index contributed by atoms with van der Waals surface area (Å²) in [4.78, 5) is 5.06. The molecule has 0 amide bonds. The van der Waals surface area contributed by atoms with E-state index in [0.717, 1.165) is 0 Å². The minimum Gasteiger partial charge on any atom is -0.359 e. The molecular formula is C33H66N2. The molecule has 1 atom stereocenters. The molecule has 1 heterocycles. The zero-order valence-corrected chi connectivity index (χ0v) is 24.7. The zero-order chi connectivity index (χ0) is 25.2. The first-order chi connectivity index (χ1) is 17.3. The van der Waals surface area contributed by atoms with Gasteiger partial charge in [0.15, 0.2) is 0 Å². The Kier molecular flexibility index (Phi) is 23.1. The van der Waals surface area contributed by atoms with Crippen LogP contribution < -0.4 is 0 Å². The van der Waals surface area contributed by atoms with Gasteiger partial charge in [-0.1, -0.05) is 162 Å². The fraction of sp³-hybridized carbons (Fsp3) is 0.939. The summed E-state index contributed by atoms with van der Waals surface area (Å²) in [6.45, 7) is 5.86. The fourth-order valence-corrected chi connectivity index (χ4v) is 5.70. The summed E-state index contributed by atoms with van der Waals surface area (Å²) in [5.74, 6) is 0. The number of unbranched alkanes of at least 4 members (excludes halogenated alkanes) is 23. The summed E-state index contributed by atoms with van der Waals surface area (Å²) in [6, 6.07) is 0. The molecule has 35 heavy (non-hydrogen) atoms. The fourth-order valence-electron chi connectivity index (χ4n) is 5.70. The molecule has 1 aliphatic rings. The molecule has 0 aliphatic carbocycles. The standard InChI is InChI=1S/C33H66N2/c1-4-6-8-10-12-14-15-16-17-18-19-20-21-23-25-27-29-33-34(3)31-32-35(33)30-28-26-24-22-13-11-9-7-5-2/h31-33H,4-30H2,1-3H3. The third kappa shape index (κ3) is 19.2. The molecule has 2 nitrogen and oxygen atoms in total. The highest BCUT2D eigenvalue weighted by atomic mass is 15.4. The predicted molar refractivity (Wildman–Crippen MR) is 159 cm³/mol. The molecule has 0 saturated heterocycles. The van der Waals surface area contributed by atoms with Gasteiger partial charge in [-0.15, -0.1) is 0 Å². The van der Waals surface area contributed by atoms with Crippen molar-refractivity contribution in [3.05, 3.63) is 12.4 Å². The Labute approximate surface area is 222 Å². The van der Waals surface area contributed by atoms with Crippen LogP contribution in [0.3, 0.4) is 0 Å². The normalized spacial score (nSPS) is 15.6. The Bertz CT molecular complexity index is 446. The molecule has 0 N–H and O–H groups in total. The summed E-state index contributed by atoms with van der Waals surface area (Å²) >= 11 is 0. The Morgan fingerprint density at radius 2 is 0.771 bits per heavy atom. The molecule has 0 aromatic rings. The van der Waals surface area contributed by atoms with Crippen molar-refractivity contribution < 1.29 is 0 Å². The van der Waals surface area contributed by atoms with Crippen LogP contribution in [0.1, 0.15) is 181 Å². The van der Waals surface area contributed by atoms with Gasteiger partial charge in [-0.2, -0.15) is 0 Å². The van der Waals surface area contributed by atoms with Crippen molar-refractivity contribution in [2.75, 3.05) is 13.6 Å². The lowest BCUT2D eigenvalue weighted by atomic mass is 10.0. The second-order valence-corrected chi connectivity index (χ2v) is 11.6. The van der Waals surface area contributed by atoms with E-state index in [-0.39, 0.29) is 0 Å². The molecular weight excluding hydrogens is 424 g/mol. The van der Waals surface area contributed by atoms with E-state index in [4.69, 9.17) is 0 Å². The summed E-state index contributed by atoms with van der Waals surface area (Å²) in [6.07, 6.45) is 42.6.